The summed E-state index contributed by atoms with van der Waals surface area (Å²) in [7, 11) is 0. The van der Waals surface area contributed by atoms with Crippen LogP contribution in [0.2, 0.25) is 0 Å². The van der Waals surface area contributed by atoms with Crippen molar-refractivity contribution in [2.24, 2.45) is 16.3 Å². The SMILES string of the molecule is Cc1cc(F)ccc1C(=O)NCC(C)(C)/C(N)=N/O. The van der Waals surface area contributed by atoms with Gasteiger partial charge in [-0.3, -0.25) is 4.79 Å². The zero-order valence-electron chi connectivity index (χ0n) is 11.2. The van der Waals surface area contributed by atoms with Gasteiger partial charge in [0.15, 0.2) is 0 Å². The Hall–Kier alpha value is -2.11. The van der Waals surface area contributed by atoms with Crippen LogP contribution in [0.15, 0.2) is 23.4 Å². The van der Waals surface area contributed by atoms with Gasteiger partial charge in [-0.2, -0.15) is 0 Å². The molecule has 4 N–H and O–H groups in total. The van der Waals surface area contributed by atoms with Gasteiger partial charge in [0.05, 0.1) is 0 Å². The molecule has 1 aromatic carbocycles. The number of nitrogens with two attached hydrogens (primary N) is 1. The summed E-state index contributed by atoms with van der Waals surface area (Å²) < 4.78 is 12.9. The van der Waals surface area contributed by atoms with Crippen molar-refractivity contribution >= 4 is 11.7 Å². The summed E-state index contributed by atoms with van der Waals surface area (Å²) in [4.78, 5) is 12.0. The highest BCUT2D eigenvalue weighted by molar-refractivity contribution is 5.96. The van der Waals surface area contributed by atoms with E-state index in [2.05, 4.69) is 10.5 Å². The number of nitrogens with one attached hydrogen (secondary N) is 1. The maximum Gasteiger partial charge on any atom is 0.251 e. The number of hydrogen-bond acceptors (Lipinski definition) is 3. The molecular formula is C13H18FN3O2. The van der Waals surface area contributed by atoms with Crippen molar-refractivity contribution in [3.05, 3.63) is 35.1 Å². The van der Waals surface area contributed by atoms with Crippen molar-refractivity contribution in [3.63, 3.8) is 0 Å². The number of hydrogen-bond donors (Lipinski definition) is 3. The Morgan fingerprint density at radius 1 is 1.53 bits per heavy atom. The van der Waals surface area contributed by atoms with E-state index in [1.807, 2.05) is 0 Å². The number of rotatable bonds is 4. The first-order valence-corrected chi connectivity index (χ1v) is 5.80. The Morgan fingerprint density at radius 3 is 2.68 bits per heavy atom. The lowest BCUT2D eigenvalue weighted by molar-refractivity contribution is 0.0943. The first-order chi connectivity index (χ1) is 8.77. The number of benzene rings is 1. The van der Waals surface area contributed by atoms with Crippen molar-refractivity contribution in [2.75, 3.05) is 6.54 Å². The van der Waals surface area contributed by atoms with Gasteiger partial charge >= 0.3 is 0 Å². The molecule has 0 spiro atoms. The number of carbonyl (C=O) groups is 1. The maximum absolute atomic E-state index is 12.9. The molecule has 0 radical (unpaired) electrons. The van der Waals surface area contributed by atoms with Crippen LogP contribution in [-0.4, -0.2) is 23.5 Å². The molecule has 0 fully saturated rings. The molecule has 0 atom stereocenters. The number of nitrogens with zero attached hydrogens (tertiary/aromatic N) is 1. The summed E-state index contributed by atoms with van der Waals surface area (Å²) in [5, 5.41) is 14.3. The molecule has 104 valence electrons. The Labute approximate surface area is 111 Å². The van der Waals surface area contributed by atoms with Crippen LogP contribution < -0.4 is 11.1 Å². The molecule has 0 bridgehead atoms. The number of amidine groups is 1. The monoisotopic (exact) mass is 267 g/mol. The van der Waals surface area contributed by atoms with Crippen LogP contribution in [0.4, 0.5) is 4.39 Å². The Kier molecular flexibility index (Phi) is 4.47. The summed E-state index contributed by atoms with van der Waals surface area (Å²) in [5.41, 5.74) is 5.81. The fourth-order valence-corrected chi connectivity index (χ4v) is 1.50. The predicted molar refractivity (Wildman–Crippen MR) is 70.7 cm³/mol. The Bertz CT molecular complexity index is 513. The van der Waals surface area contributed by atoms with Gasteiger partial charge < -0.3 is 16.3 Å². The molecule has 0 aliphatic carbocycles. The first kappa shape index (κ1) is 14.9. The fraction of sp³-hybridized carbons (Fsp3) is 0.385. The second kappa shape index (κ2) is 5.69. The molecule has 0 saturated carbocycles. The van der Waals surface area contributed by atoms with Gasteiger partial charge in [0.25, 0.3) is 5.91 Å². The van der Waals surface area contributed by atoms with Crippen LogP contribution in [0.25, 0.3) is 0 Å². The van der Waals surface area contributed by atoms with E-state index >= 15 is 0 Å². The summed E-state index contributed by atoms with van der Waals surface area (Å²) in [6, 6.07) is 3.96. The Balaban J connectivity index is 2.76. The van der Waals surface area contributed by atoms with Gasteiger partial charge in [-0.15, -0.1) is 0 Å². The standard InChI is InChI=1S/C13H18FN3O2/c1-8-6-9(14)4-5-10(8)11(18)16-7-13(2,3)12(15)17-19/h4-6,19H,7H2,1-3H3,(H2,15,17)(H,16,18). The fourth-order valence-electron chi connectivity index (χ4n) is 1.50. The Morgan fingerprint density at radius 2 is 2.16 bits per heavy atom. The van der Waals surface area contributed by atoms with E-state index in [-0.39, 0.29) is 24.1 Å². The van der Waals surface area contributed by atoms with Crippen molar-refractivity contribution in [1.29, 1.82) is 0 Å². The van der Waals surface area contributed by atoms with E-state index in [0.29, 0.717) is 11.1 Å². The molecule has 1 aromatic rings. The zero-order chi connectivity index (χ0) is 14.6. The number of oxime groups is 1. The number of carbonyl (C=O) groups excluding carboxylic acids is 1. The second-order valence-corrected chi connectivity index (χ2v) is 5.01. The van der Waals surface area contributed by atoms with E-state index in [9.17, 15) is 9.18 Å². The molecule has 5 nitrogen and oxygen atoms in total. The van der Waals surface area contributed by atoms with Gasteiger partial charge in [0, 0.05) is 17.5 Å². The van der Waals surface area contributed by atoms with Gasteiger partial charge in [0.1, 0.15) is 11.7 Å². The third-order valence-electron chi connectivity index (χ3n) is 2.93. The minimum absolute atomic E-state index is 0.0311. The average molecular weight is 267 g/mol. The molecule has 0 heterocycles. The molecule has 1 rings (SSSR count). The van der Waals surface area contributed by atoms with Crippen LogP contribution >= 0.6 is 0 Å². The van der Waals surface area contributed by atoms with E-state index in [1.54, 1.807) is 20.8 Å². The van der Waals surface area contributed by atoms with Crippen molar-refractivity contribution < 1.29 is 14.4 Å². The maximum atomic E-state index is 12.9. The van der Waals surface area contributed by atoms with E-state index in [0.717, 1.165) is 0 Å². The van der Waals surface area contributed by atoms with Crippen molar-refractivity contribution in [3.8, 4) is 0 Å². The summed E-state index contributed by atoms with van der Waals surface area (Å²) in [6.45, 7) is 5.34. The molecule has 19 heavy (non-hydrogen) atoms. The highest BCUT2D eigenvalue weighted by Gasteiger charge is 2.24. The lowest BCUT2D eigenvalue weighted by Crippen LogP contribution is -2.42. The van der Waals surface area contributed by atoms with Crippen molar-refractivity contribution in [2.45, 2.75) is 20.8 Å². The number of halogens is 1. The quantitative estimate of drug-likeness (QED) is 0.335. The normalized spacial score (nSPS) is 12.3. The van der Waals surface area contributed by atoms with E-state index in [1.165, 1.54) is 18.2 Å². The summed E-state index contributed by atoms with van der Waals surface area (Å²) in [5.74, 6) is -0.675. The third-order valence-corrected chi connectivity index (χ3v) is 2.93. The number of amides is 1. The summed E-state index contributed by atoms with van der Waals surface area (Å²) in [6.07, 6.45) is 0. The summed E-state index contributed by atoms with van der Waals surface area (Å²) >= 11 is 0. The number of aryl methyl sites for hydroxylation is 1. The van der Waals surface area contributed by atoms with Crippen LogP contribution in [0.5, 0.6) is 0 Å². The van der Waals surface area contributed by atoms with Crippen LogP contribution in [0.3, 0.4) is 0 Å². The predicted octanol–water partition coefficient (Wildman–Crippen LogP) is 1.64. The van der Waals surface area contributed by atoms with E-state index in [4.69, 9.17) is 10.9 Å². The smallest absolute Gasteiger partial charge is 0.251 e. The molecule has 6 heteroatoms. The van der Waals surface area contributed by atoms with Crippen LogP contribution in [0.1, 0.15) is 29.8 Å². The molecule has 0 saturated heterocycles. The molecule has 0 aromatic heterocycles. The zero-order valence-corrected chi connectivity index (χ0v) is 11.2. The van der Waals surface area contributed by atoms with Gasteiger partial charge in [-0.25, -0.2) is 4.39 Å². The largest absolute Gasteiger partial charge is 0.409 e. The highest BCUT2D eigenvalue weighted by Crippen LogP contribution is 2.15. The van der Waals surface area contributed by atoms with Gasteiger partial charge in [-0.05, 0) is 30.7 Å². The molecule has 0 unspecified atom stereocenters. The topological polar surface area (TPSA) is 87.7 Å². The average Bonchev–Trinajstić information content (AvgIpc) is 2.35. The minimum Gasteiger partial charge on any atom is -0.409 e. The minimum atomic E-state index is -0.668. The van der Waals surface area contributed by atoms with Gasteiger partial charge in [-0.1, -0.05) is 19.0 Å². The molecule has 0 aliphatic rings. The van der Waals surface area contributed by atoms with Crippen molar-refractivity contribution in [1.82, 2.24) is 5.32 Å². The lowest BCUT2D eigenvalue weighted by Gasteiger charge is -2.23. The molecular weight excluding hydrogens is 249 g/mol. The van der Waals surface area contributed by atoms with E-state index < -0.39 is 5.41 Å². The van der Waals surface area contributed by atoms with Crippen LogP contribution in [0, 0.1) is 18.2 Å². The first-order valence-electron chi connectivity index (χ1n) is 5.80. The second-order valence-electron chi connectivity index (χ2n) is 5.01. The van der Waals surface area contributed by atoms with Crippen LogP contribution in [-0.2, 0) is 0 Å². The lowest BCUT2D eigenvalue weighted by atomic mass is 9.92. The van der Waals surface area contributed by atoms with Gasteiger partial charge in [0.2, 0.25) is 0 Å². The molecule has 0 aliphatic heterocycles. The highest BCUT2D eigenvalue weighted by atomic mass is 19.1. The third kappa shape index (κ3) is 3.67. The molecule has 1 amide bonds.